The fourth-order valence-electron chi connectivity index (χ4n) is 4.31. The van der Waals surface area contributed by atoms with E-state index in [2.05, 4.69) is 16.0 Å². The number of furan rings is 1. The van der Waals surface area contributed by atoms with Gasteiger partial charge in [0.1, 0.15) is 23.8 Å². The van der Waals surface area contributed by atoms with Gasteiger partial charge in [-0.1, -0.05) is 0 Å². The lowest BCUT2D eigenvalue weighted by molar-refractivity contribution is 0.0447. The van der Waals surface area contributed by atoms with E-state index < -0.39 is 5.97 Å². The molecule has 1 aliphatic rings. The number of hydrogen-bond donors (Lipinski definition) is 0. The van der Waals surface area contributed by atoms with Crippen molar-refractivity contribution in [1.29, 1.82) is 0 Å². The molecule has 2 aromatic carbocycles. The van der Waals surface area contributed by atoms with Crippen LogP contribution in [0.3, 0.4) is 0 Å². The zero-order valence-electron chi connectivity index (χ0n) is 17.7. The Morgan fingerprint density at radius 3 is 2.97 bits per heavy atom. The molecule has 0 saturated carbocycles. The molecule has 7 heteroatoms. The predicted octanol–water partition coefficient (Wildman–Crippen LogP) is 5.09. The van der Waals surface area contributed by atoms with Crippen LogP contribution in [0.2, 0.25) is 0 Å². The number of fused-ring (bicyclic) bond motifs is 2. The SMILES string of the molecule is COC[C@H]1CCCN1c1cnc2ccc(C(=O)OCc3cc4cc(F)ccc4o3)cc2c1. The minimum absolute atomic E-state index is 0.0298. The lowest BCUT2D eigenvalue weighted by Crippen LogP contribution is -2.32. The molecule has 1 aliphatic heterocycles. The first-order valence-corrected chi connectivity index (χ1v) is 10.6. The van der Waals surface area contributed by atoms with Gasteiger partial charge in [-0.05, 0) is 61.4 Å². The van der Waals surface area contributed by atoms with E-state index in [0.29, 0.717) is 34.9 Å². The number of benzene rings is 2. The highest BCUT2D eigenvalue weighted by Gasteiger charge is 2.25. The highest BCUT2D eigenvalue weighted by atomic mass is 19.1. The van der Waals surface area contributed by atoms with Gasteiger partial charge in [-0.25, -0.2) is 9.18 Å². The van der Waals surface area contributed by atoms with Gasteiger partial charge < -0.3 is 18.8 Å². The summed E-state index contributed by atoms with van der Waals surface area (Å²) in [6.45, 7) is 1.61. The molecule has 1 fully saturated rings. The first kappa shape index (κ1) is 20.5. The van der Waals surface area contributed by atoms with Gasteiger partial charge in [0.25, 0.3) is 0 Å². The van der Waals surface area contributed by atoms with E-state index in [4.69, 9.17) is 13.9 Å². The monoisotopic (exact) mass is 434 g/mol. The fraction of sp³-hybridized carbons (Fsp3) is 0.280. The molecule has 0 aliphatic carbocycles. The van der Waals surface area contributed by atoms with Crippen LogP contribution in [0.5, 0.6) is 0 Å². The molecule has 6 nitrogen and oxygen atoms in total. The molecular weight excluding hydrogens is 411 g/mol. The van der Waals surface area contributed by atoms with Crippen molar-refractivity contribution in [3.8, 4) is 0 Å². The molecule has 164 valence electrons. The molecule has 5 rings (SSSR count). The predicted molar refractivity (Wildman–Crippen MR) is 119 cm³/mol. The van der Waals surface area contributed by atoms with Gasteiger partial charge >= 0.3 is 5.97 Å². The minimum Gasteiger partial charge on any atom is -0.457 e. The van der Waals surface area contributed by atoms with Crippen molar-refractivity contribution in [3.63, 3.8) is 0 Å². The average molecular weight is 434 g/mol. The van der Waals surface area contributed by atoms with Crippen LogP contribution < -0.4 is 4.90 Å². The lowest BCUT2D eigenvalue weighted by Gasteiger charge is -2.26. The third-order valence-electron chi connectivity index (χ3n) is 5.85. The number of hydrogen-bond acceptors (Lipinski definition) is 6. The van der Waals surface area contributed by atoms with Crippen LogP contribution in [0, 0.1) is 5.82 Å². The van der Waals surface area contributed by atoms with E-state index in [-0.39, 0.29) is 12.4 Å². The van der Waals surface area contributed by atoms with Crippen molar-refractivity contribution in [2.24, 2.45) is 0 Å². The second-order valence-corrected chi connectivity index (χ2v) is 8.02. The lowest BCUT2D eigenvalue weighted by atomic mass is 10.1. The van der Waals surface area contributed by atoms with Crippen molar-refractivity contribution < 1.29 is 23.1 Å². The van der Waals surface area contributed by atoms with E-state index in [1.807, 2.05) is 12.3 Å². The van der Waals surface area contributed by atoms with Gasteiger partial charge in [0, 0.05) is 24.4 Å². The second kappa shape index (κ2) is 8.59. The number of aromatic nitrogens is 1. The molecule has 3 heterocycles. The number of nitrogens with zero attached hydrogens (tertiary/aromatic N) is 2. The van der Waals surface area contributed by atoms with Crippen LogP contribution >= 0.6 is 0 Å². The van der Waals surface area contributed by atoms with Crippen molar-refractivity contribution in [2.45, 2.75) is 25.5 Å². The topological polar surface area (TPSA) is 64.8 Å². The summed E-state index contributed by atoms with van der Waals surface area (Å²) in [5, 5.41) is 1.51. The quantitative estimate of drug-likeness (QED) is 0.394. The van der Waals surface area contributed by atoms with Crippen LogP contribution in [0.1, 0.15) is 29.0 Å². The van der Waals surface area contributed by atoms with E-state index in [1.165, 1.54) is 12.1 Å². The van der Waals surface area contributed by atoms with Gasteiger partial charge in [0.05, 0.1) is 35.6 Å². The normalized spacial score (nSPS) is 16.2. The molecule has 32 heavy (non-hydrogen) atoms. The van der Waals surface area contributed by atoms with Crippen LogP contribution in [0.15, 0.2) is 59.1 Å². The number of carbonyl (C=O) groups excluding carboxylic acids is 1. The van der Waals surface area contributed by atoms with Gasteiger partial charge in [0.15, 0.2) is 0 Å². The van der Waals surface area contributed by atoms with Crippen molar-refractivity contribution >= 4 is 33.5 Å². The Morgan fingerprint density at radius 1 is 1.19 bits per heavy atom. The molecule has 0 unspecified atom stereocenters. The van der Waals surface area contributed by atoms with Crippen LogP contribution in [0.4, 0.5) is 10.1 Å². The highest BCUT2D eigenvalue weighted by Crippen LogP contribution is 2.28. The number of ether oxygens (including phenoxy) is 2. The van der Waals surface area contributed by atoms with Gasteiger partial charge in [0.2, 0.25) is 0 Å². The number of methoxy groups -OCH3 is 1. The third-order valence-corrected chi connectivity index (χ3v) is 5.85. The average Bonchev–Trinajstić information content (AvgIpc) is 3.43. The molecule has 0 amide bonds. The Kier molecular flexibility index (Phi) is 5.49. The largest absolute Gasteiger partial charge is 0.457 e. The maximum atomic E-state index is 13.4. The van der Waals surface area contributed by atoms with Crippen molar-refractivity contribution in [3.05, 3.63) is 71.9 Å². The van der Waals surface area contributed by atoms with Crippen molar-refractivity contribution in [2.75, 3.05) is 25.2 Å². The van der Waals surface area contributed by atoms with Gasteiger partial charge in [-0.2, -0.15) is 0 Å². The fourth-order valence-corrected chi connectivity index (χ4v) is 4.31. The maximum absolute atomic E-state index is 13.4. The number of carbonyl (C=O) groups is 1. The summed E-state index contributed by atoms with van der Waals surface area (Å²) in [7, 11) is 1.72. The highest BCUT2D eigenvalue weighted by molar-refractivity contribution is 5.95. The summed E-state index contributed by atoms with van der Waals surface area (Å²) in [6.07, 6.45) is 4.08. The standard InChI is InChI=1S/C25H23FN2O4/c1-30-14-20-3-2-8-28(20)21-11-17-9-16(4-6-23(17)27-13-21)25(29)31-15-22-12-18-10-19(26)5-7-24(18)32-22/h4-7,9-13,20H,2-3,8,14-15H2,1H3/t20-/m1/s1. The molecule has 4 aromatic rings. The van der Waals surface area contributed by atoms with E-state index in [1.54, 1.807) is 31.4 Å². The molecular formula is C25H23FN2O4. The first-order chi connectivity index (χ1) is 15.6. The molecule has 0 bridgehead atoms. The van der Waals surface area contributed by atoms with Crippen LogP contribution in [0.25, 0.3) is 21.9 Å². The van der Waals surface area contributed by atoms with Crippen LogP contribution in [-0.4, -0.2) is 37.3 Å². The molecule has 1 atom stereocenters. The Morgan fingerprint density at radius 2 is 2.09 bits per heavy atom. The van der Waals surface area contributed by atoms with E-state index in [9.17, 15) is 9.18 Å². The van der Waals surface area contributed by atoms with Crippen LogP contribution in [-0.2, 0) is 16.1 Å². The molecule has 0 radical (unpaired) electrons. The summed E-state index contributed by atoms with van der Waals surface area (Å²) < 4.78 is 29.7. The smallest absolute Gasteiger partial charge is 0.338 e. The summed E-state index contributed by atoms with van der Waals surface area (Å²) >= 11 is 0. The van der Waals surface area contributed by atoms with Crippen molar-refractivity contribution in [1.82, 2.24) is 4.98 Å². The number of anilines is 1. The summed E-state index contributed by atoms with van der Waals surface area (Å²) in [6, 6.07) is 13.7. The Bertz CT molecular complexity index is 1290. The second-order valence-electron chi connectivity index (χ2n) is 8.02. The van der Waals surface area contributed by atoms with Gasteiger partial charge in [-0.15, -0.1) is 0 Å². The molecule has 2 aromatic heterocycles. The Hall–Kier alpha value is -3.45. The van der Waals surface area contributed by atoms with E-state index >= 15 is 0 Å². The first-order valence-electron chi connectivity index (χ1n) is 10.6. The summed E-state index contributed by atoms with van der Waals surface area (Å²) in [5.74, 6) is -0.335. The number of halogens is 1. The minimum atomic E-state index is -0.456. The summed E-state index contributed by atoms with van der Waals surface area (Å²) in [4.78, 5) is 19.5. The Balaban J connectivity index is 1.33. The Labute approximate surface area is 184 Å². The molecule has 0 N–H and O–H groups in total. The summed E-state index contributed by atoms with van der Waals surface area (Å²) in [5.41, 5.74) is 2.83. The number of rotatable bonds is 6. The number of esters is 1. The maximum Gasteiger partial charge on any atom is 0.338 e. The van der Waals surface area contributed by atoms with Gasteiger partial charge in [-0.3, -0.25) is 4.98 Å². The molecule has 0 spiro atoms. The third kappa shape index (κ3) is 4.03. The zero-order valence-corrected chi connectivity index (χ0v) is 17.7. The zero-order chi connectivity index (χ0) is 22.1. The molecule has 1 saturated heterocycles. The van der Waals surface area contributed by atoms with E-state index in [0.717, 1.165) is 36.0 Å². The number of pyridine rings is 1.